The van der Waals surface area contributed by atoms with Gasteiger partial charge < -0.3 is 15.2 Å². The molecule has 1 heterocycles. The van der Waals surface area contributed by atoms with Crippen molar-refractivity contribution in [1.82, 2.24) is 10.2 Å². The number of carbonyl (C=O) groups is 1. The maximum atomic E-state index is 11.8. The number of likely N-dealkylation sites (tertiary alicyclic amines) is 1. The van der Waals surface area contributed by atoms with Crippen molar-refractivity contribution in [2.45, 2.75) is 38.3 Å². The molecular weight excluding hydrogens is 280 g/mol. The lowest BCUT2D eigenvalue weighted by atomic mass is 9.84. The van der Waals surface area contributed by atoms with Crippen molar-refractivity contribution in [3.8, 4) is 5.75 Å². The van der Waals surface area contributed by atoms with Gasteiger partial charge >= 0.3 is 0 Å². The lowest BCUT2D eigenvalue weighted by molar-refractivity contribution is -0.124. The second-order valence-corrected chi connectivity index (χ2v) is 6.26. The summed E-state index contributed by atoms with van der Waals surface area (Å²) in [5.74, 6) is 0.798. The monoisotopic (exact) mass is 306 g/mol. The predicted octanol–water partition coefficient (Wildman–Crippen LogP) is 1.50. The van der Waals surface area contributed by atoms with Crippen LogP contribution in [-0.2, 0) is 10.4 Å². The number of ether oxygens (including phenoxy) is 1. The van der Waals surface area contributed by atoms with Gasteiger partial charge in [0.05, 0.1) is 19.3 Å². The summed E-state index contributed by atoms with van der Waals surface area (Å²) >= 11 is 0. The summed E-state index contributed by atoms with van der Waals surface area (Å²) in [6, 6.07) is 7.75. The van der Waals surface area contributed by atoms with E-state index < -0.39 is 5.60 Å². The Balaban J connectivity index is 1.94. The van der Waals surface area contributed by atoms with Crippen LogP contribution >= 0.6 is 0 Å². The highest BCUT2D eigenvalue weighted by atomic mass is 16.5. The molecule has 0 saturated carbocycles. The molecule has 5 nitrogen and oxygen atoms in total. The Hall–Kier alpha value is -1.59. The third-order valence-electron chi connectivity index (χ3n) is 4.11. The van der Waals surface area contributed by atoms with Gasteiger partial charge in [-0.2, -0.15) is 0 Å². The van der Waals surface area contributed by atoms with Crippen molar-refractivity contribution in [2.75, 3.05) is 26.7 Å². The molecule has 22 heavy (non-hydrogen) atoms. The largest absolute Gasteiger partial charge is 0.497 e. The summed E-state index contributed by atoms with van der Waals surface area (Å²) in [7, 11) is 1.62. The number of piperidine rings is 1. The standard InChI is InChI=1S/C17H26N2O3/c1-13(2)18-16(20)12-19-9-7-17(21,8-10-19)14-5-4-6-15(11-14)22-3/h4-6,11,13,21H,7-10,12H2,1-3H3,(H,18,20). The number of aliphatic hydroxyl groups is 1. The molecule has 1 aromatic carbocycles. The molecule has 2 N–H and O–H groups in total. The zero-order valence-electron chi connectivity index (χ0n) is 13.6. The second kappa shape index (κ2) is 7.11. The number of methoxy groups -OCH3 is 1. The van der Waals surface area contributed by atoms with Gasteiger partial charge in [0.15, 0.2) is 0 Å². The third-order valence-corrected chi connectivity index (χ3v) is 4.11. The summed E-state index contributed by atoms with van der Waals surface area (Å²) in [6.07, 6.45) is 1.24. The van der Waals surface area contributed by atoms with E-state index in [0.717, 1.165) is 11.3 Å². The van der Waals surface area contributed by atoms with Gasteiger partial charge in [0.2, 0.25) is 5.91 Å². The van der Waals surface area contributed by atoms with E-state index in [1.165, 1.54) is 0 Å². The van der Waals surface area contributed by atoms with Gasteiger partial charge in [-0.1, -0.05) is 12.1 Å². The molecule has 0 radical (unpaired) electrons. The molecule has 0 bridgehead atoms. The maximum absolute atomic E-state index is 11.8. The molecule has 1 saturated heterocycles. The minimum absolute atomic E-state index is 0.0434. The molecule has 0 aromatic heterocycles. The number of hydrogen-bond donors (Lipinski definition) is 2. The van der Waals surface area contributed by atoms with E-state index in [-0.39, 0.29) is 11.9 Å². The number of benzene rings is 1. The molecule has 2 rings (SSSR count). The first-order valence-corrected chi connectivity index (χ1v) is 7.81. The maximum Gasteiger partial charge on any atom is 0.234 e. The minimum atomic E-state index is -0.834. The van der Waals surface area contributed by atoms with E-state index in [4.69, 9.17) is 4.74 Å². The molecule has 5 heteroatoms. The molecule has 1 amide bonds. The van der Waals surface area contributed by atoms with Crippen LogP contribution < -0.4 is 10.1 Å². The average molecular weight is 306 g/mol. The Bertz CT molecular complexity index is 508. The number of carbonyl (C=O) groups excluding carboxylic acids is 1. The molecule has 1 aliphatic rings. The van der Waals surface area contributed by atoms with Gasteiger partial charge in [0.1, 0.15) is 5.75 Å². The molecular formula is C17H26N2O3. The fraction of sp³-hybridized carbons (Fsp3) is 0.588. The van der Waals surface area contributed by atoms with E-state index in [9.17, 15) is 9.90 Å². The molecule has 0 aliphatic carbocycles. The predicted molar refractivity (Wildman–Crippen MR) is 85.8 cm³/mol. The van der Waals surface area contributed by atoms with Gasteiger partial charge in [-0.05, 0) is 44.4 Å². The Morgan fingerprint density at radius 3 is 2.68 bits per heavy atom. The molecule has 0 spiro atoms. The van der Waals surface area contributed by atoms with E-state index in [2.05, 4.69) is 10.2 Å². The van der Waals surface area contributed by atoms with E-state index in [1.54, 1.807) is 7.11 Å². The summed E-state index contributed by atoms with van der Waals surface area (Å²) in [5.41, 5.74) is 0.0534. The van der Waals surface area contributed by atoms with Gasteiger partial charge in [-0.15, -0.1) is 0 Å². The van der Waals surface area contributed by atoms with Crippen LogP contribution in [0.5, 0.6) is 5.75 Å². The Morgan fingerprint density at radius 1 is 1.41 bits per heavy atom. The SMILES string of the molecule is COc1cccc(C2(O)CCN(CC(=O)NC(C)C)CC2)c1. The quantitative estimate of drug-likeness (QED) is 0.865. The number of rotatable bonds is 5. The van der Waals surface area contributed by atoms with Crippen molar-refractivity contribution in [1.29, 1.82) is 0 Å². The van der Waals surface area contributed by atoms with Crippen molar-refractivity contribution < 1.29 is 14.6 Å². The number of nitrogens with one attached hydrogen (secondary N) is 1. The topological polar surface area (TPSA) is 61.8 Å². The summed E-state index contributed by atoms with van der Waals surface area (Å²) < 4.78 is 5.23. The molecule has 0 unspecified atom stereocenters. The summed E-state index contributed by atoms with van der Waals surface area (Å²) in [6.45, 7) is 5.72. The van der Waals surface area contributed by atoms with Gasteiger partial charge in [0.25, 0.3) is 0 Å². The summed E-state index contributed by atoms with van der Waals surface area (Å²) in [5, 5.41) is 13.8. The van der Waals surface area contributed by atoms with Gasteiger partial charge in [-0.3, -0.25) is 9.69 Å². The van der Waals surface area contributed by atoms with Crippen LogP contribution in [0.25, 0.3) is 0 Å². The molecule has 122 valence electrons. The number of nitrogens with zero attached hydrogens (tertiary/aromatic N) is 1. The normalized spacial score (nSPS) is 18.2. The molecule has 1 aromatic rings. The number of amides is 1. The van der Waals surface area contributed by atoms with Crippen molar-refractivity contribution in [3.05, 3.63) is 29.8 Å². The highest BCUT2D eigenvalue weighted by Gasteiger charge is 2.34. The van der Waals surface area contributed by atoms with E-state index in [0.29, 0.717) is 32.5 Å². The smallest absolute Gasteiger partial charge is 0.234 e. The van der Waals surface area contributed by atoms with Crippen LogP contribution in [-0.4, -0.2) is 48.7 Å². The zero-order valence-corrected chi connectivity index (χ0v) is 13.6. The Kier molecular flexibility index (Phi) is 5.42. The van der Waals surface area contributed by atoms with Crippen LogP contribution in [0.4, 0.5) is 0 Å². The van der Waals surface area contributed by atoms with Crippen LogP contribution in [0.1, 0.15) is 32.3 Å². The van der Waals surface area contributed by atoms with Gasteiger partial charge in [-0.25, -0.2) is 0 Å². The lowest BCUT2D eigenvalue weighted by Gasteiger charge is -2.38. The fourth-order valence-corrected chi connectivity index (χ4v) is 2.85. The Morgan fingerprint density at radius 2 is 2.09 bits per heavy atom. The fourth-order valence-electron chi connectivity index (χ4n) is 2.85. The second-order valence-electron chi connectivity index (χ2n) is 6.26. The first kappa shape index (κ1) is 16.8. The lowest BCUT2D eigenvalue weighted by Crippen LogP contribution is -2.47. The van der Waals surface area contributed by atoms with Crippen LogP contribution in [0.15, 0.2) is 24.3 Å². The number of hydrogen-bond acceptors (Lipinski definition) is 4. The highest BCUT2D eigenvalue weighted by molar-refractivity contribution is 5.78. The zero-order chi connectivity index (χ0) is 16.2. The Labute approximate surface area is 132 Å². The third kappa shape index (κ3) is 4.21. The van der Waals surface area contributed by atoms with Crippen molar-refractivity contribution in [2.24, 2.45) is 0 Å². The average Bonchev–Trinajstić information content (AvgIpc) is 2.49. The van der Waals surface area contributed by atoms with E-state index in [1.807, 2.05) is 38.1 Å². The van der Waals surface area contributed by atoms with Crippen LogP contribution in [0, 0.1) is 0 Å². The first-order valence-electron chi connectivity index (χ1n) is 7.81. The van der Waals surface area contributed by atoms with Gasteiger partial charge in [0, 0.05) is 19.1 Å². The van der Waals surface area contributed by atoms with E-state index >= 15 is 0 Å². The van der Waals surface area contributed by atoms with Crippen LogP contribution in [0.2, 0.25) is 0 Å². The van der Waals surface area contributed by atoms with Crippen molar-refractivity contribution in [3.63, 3.8) is 0 Å². The molecule has 1 fully saturated rings. The first-order chi connectivity index (χ1) is 10.4. The van der Waals surface area contributed by atoms with Crippen LogP contribution in [0.3, 0.4) is 0 Å². The molecule has 1 aliphatic heterocycles. The molecule has 0 atom stereocenters. The minimum Gasteiger partial charge on any atom is -0.497 e. The highest BCUT2D eigenvalue weighted by Crippen LogP contribution is 2.34. The van der Waals surface area contributed by atoms with Crippen molar-refractivity contribution >= 4 is 5.91 Å². The summed E-state index contributed by atoms with van der Waals surface area (Å²) in [4.78, 5) is 13.9.